The Morgan fingerprint density at radius 1 is 1.20 bits per heavy atom. The Morgan fingerprint density at radius 2 is 1.85 bits per heavy atom. The Labute approximate surface area is 120 Å². The second-order valence-corrected chi connectivity index (χ2v) is 6.26. The van der Waals surface area contributed by atoms with Gasteiger partial charge in [-0.1, -0.05) is 26.7 Å². The van der Waals surface area contributed by atoms with Gasteiger partial charge < -0.3 is 15.7 Å². The first kappa shape index (κ1) is 15.1. The summed E-state index contributed by atoms with van der Waals surface area (Å²) in [6, 6.07) is -0.395. The molecule has 0 radical (unpaired) electrons. The summed E-state index contributed by atoms with van der Waals surface area (Å²) in [5, 5.41) is 15.1. The summed E-state index contributed by atoms with van der Waals surface area (Å²) in [4.78, 5) is 23.3. The zero-order valence-electron chi connectivity index (χ0n) is 12.4. The zero-order valence-corrected chi connectivity index (χ0v) is 12.4. The molecule has 2 aliphatic rings. The van der Waals surface area contributed by atoms with Gasteiger partial charge in [-0.25, -0.2) is 4.79 Å². The number of carboxylic acids is 1. The highest BCUT2D eigenvalue weighted by Gasteiger charge is 2.51. The van der Waals surface area contributed by atoms with Crippen LogP contribution in [0.2, 0.25) is 0 Å². The van der Waals surface area contributed by atoms with E-state index in [1.165, 1.54) is 0 Å². The minimum Gasteiger partial charge on any atom is -0.481 e. The van der Waals surface area contributed by atoms with E-state index in [0.717, 1.165) is 32.1 Å². The third-order valence-corrected chi connectivity index (χ3v) is 5.21. The van der Waals surface area contributed by atoms with Crippen LogP contribution in [-0.2, 0) is 4.79 Å². The summed E-state index contributed by atoms with van der Waals surface area (Å²) in [5.41, 5.74) is 0. The Kier molecular flexibility index (Phi) is 4.89. The summed E-state index contributed by atoms with van der Waals surface area (Å²) in [6.07, 6.45) is 5.08. The van der Waals surface area contributed by atoms with E-state index in [1.54, 1.807) is 0 Å². The van der Waals surface area contributed by atoms with E-state index in [4.69, 9.17) is 0 Å². The largest absolute Gasteiger partial charge is 0.481 e. The number of carbonyl (C=O) groups excluding carboxylic acids is 1. The lowest BCUT2D eigenvalue weighted by Crippen LogP contribution is -2.50. The predicted octanol–water partition coefficient (Wildman–Crippen LogP) is 2.22. The number of carbonyl (C=O) groups is 2. The lowest BCUT2D eigenvalue weighted by atomic mass is 9.84. The van der Waals surface area contributed by atoms with Crippen molar-refractivity contribution in [2.24, 2.45) is 23.7 Å². The van der Waals surface area contributed by atoms with Gasteiger partial charge in [0.25, 0.3) is 0 Å². The Morgan fingerprint density at radius 3 is 2.45 bits per heavy atom. The molecule has 5 heteroatoms. The molecular formula is C15H26N2O3. The van der Waals surface area contributed by atoms with Crippen LogP contribution in [0.25, 0.3) is 0 Å². The number of rotatable bonds is 6. The van der Waals surface area contributed by atoms with E-state index in [1.807, 2.05) is 0 Å². The van der Waals surface area contributed by atoms with E-state index >= 15 is 0 Å². The molecule has 114 valence electrons. The van der Waals surface area contributed by atoms with E-state index in [2.05, 4.69) is 24.5 Å². The maximum Gasteiger partial charge on any atom is 0.315 e. The van der Waals surface area contributed by atoms with Crippen LogP contribution in [0.1, 0.15) is 46.0 Å². The van der Waals surface area contributed by atoms with Gasteiger partial charge in [0.2, 0.25) is 0 Å². The first-order valence-corrected chi connectivity index (χ1v) is 7.83. The second-order valence-electron chi connectivity index (χ2n) is 6.26. The first-order chi connectivity index (χ1) is 9.56. The van der Waals surface area contributed by atoms with Crippen LogP contribution in [0.5, 0.6) is 0 Å². The molecule has 4 unspecified atom stereocenters. The molecule has 2 amide bonds. The third kappa shape index (κ3) is 3.07. The summed E-state index contributed by atoms with van der Waals surface area (Å²) in [7, 11) is 0. The van der Waals surface area contributed by atoms with Gasteiger partial charge >= 0.3 is 12.0 Å². The molecule has 2 aliphatic carbocycles. The molecule has 4 atom stereocenters. The molecule has 0 aromatic rings. The fourth-order valence-corrected chi connectivity index (χ4v) is 3.87. The van der Waals surface area contributed by atoms with Crippen LogP contribution in [0.4, 0.5) is 4.79 Å². The third-order valence-electron chi connectivity index (χ3n) is 5.21. The fourth-order valence-electron chi connectivity index (χ4n) is 3.87. The van der Waals surface area contributed by atoms with E-state index in [0.29, 0.717) is 18.4 Å². The van der Waals surface area contributed by atoms with Crippen molar-refractivity contribution in [1.29, 1.82) is 0 Å². The van der Waals surface area contributed by atoms with Crippen molar-refractivity contribution in [2.45, 2.75) is 52.0 Å². The van der Waals surface area contributed by atoms with E-state index in [9.17, 15) is 14.7 Å². The summed E-state index contributed by atoms with van der Waals surface area (Å²) in [5.74, 6) is -0.0620. The Bertz CT molecular complexity index is 368. The average Bonchev–Trinajstić information content (AvgIpc) is 3.00. The van der Waals surface area contributed by atoms with Crippen molar-refractivity contribution in [3.63, 3.8) is 0 Å². The Hall–Kier alpha value is -1.26. The van der Waals surface area contributed by atoms with Gasteiger partial charge in [0.1, 0.15) is 0 Å². The van der Waals surface area contributed by atoms with E-state index in [-0.39, 0.29) is 18.0 Å². The highest BCUT2D eigenvalue weighted by molar-refractivity contribution is 5.77. The monoisotopic (exact) mass is 282 g/mol. The van der Waals surface area contributed by atoms with Crippen molar-refractivity contribution in [3.05, 3.63) is 0 Å². The lowest BCUT2D eigenvalue weighted by Gasteiger charge is -2.29. The number of hydrogen-bond acceptors (Lipinski definition) is 2. The standard InChI is InChI=1S/C15H26N2O3/c1-3-9(4-2)8-16-15(20)17-13-11-6-5-10(7-11)12(13)14(18)19/h9-13H,3-8H2,1-2H3,(H,18,19)(H2,16,17,20). The van der Waals surface area contributed by atoms with Gasteiger partial charge in [-0.2, -0.15) is 0 Å². The number of urea groups is 1. The molecule has 3 N–H and O–H groups in total. The van der Waals surface area contributed by atoms with Crippen LogP contribution >= 0.6 is 0 Å². The molecule has 0 aliphatic heterocycles. The molecule has 0 aromatic carbocycles. The highest BCUT2D eigenvalue weighted by atomic mass is 16.4. The molecule has 2 rings (SSSR count). The Balaban J connectivity index is 1.85. The van der Waals surface area contributed by atoms with Crippen molar-refractivity contribution in [1.82, 2.24) is 10.6 Å². The van der Waals surface area contributed by atoms with Gasteiger partial charge in [-0.15, -0.1) is 0 Å². The molecule has 0 heterocycles. The minimum absolute atomic E-state index is 0.187. The second kappa shape index (κ2) is 6.46. The smallest absolute Gasteiger partial charge is 0.315 e. The number of hydrogen-bond donors (Lipinski definition) is 3. The summed E-state index contributed by atoms with van der Waals surface area (Å²) >= 11 is 0. The number of aliphatic carboxylic acids is 1. The average molecular weight is 282 g/mol. The normalized spacial score (nSPS) is 31.6. The maximum atomic E-state index is 12.0. The number of carboxylic acid groups (broad SMARTS) is 1. The van der Waals surface area contributed by atoms with Crippen molar-refractivity contribution < 1.29 is 14.7 Å². The quantitative estimate of drug-likeness (QED) is 0.699. The molecule has 2 fully saturated rings. The minimum atomic E-state index is -0.762. The van der Waals surface area contributed by atoms with Crippen LogP contribution in [0.3, 0.4) is 0 Å². The van der Waals surface area contributed by atoms with Crippen LogP contribution in [0.15, 0.2) is 0 Å². The predicted molar refractivity (Wildman–Crippen MR) is 76.4 cm³/mol. The molecule has 2 bridgehead atoms. The number of amides is 2. The molecule has 0 aromatic heterocycles. The highest BCUT2D eigenvalue weighted by Crippen LogP contribution is 2.48. The van der Waals surface area contributed by atoms with Crippen LogP contribution in [-0.4, -0.2) is 29.7 Å². The number of fused-ring (bicyclic) bond motifs is 2. The van der Waals surface area contributed by atoms with E-state index < -0.39 is 11.9 Å². The summed E-state index contributed by atoms with van der Waals surface area (Å²) in [6.45, 7) is 4.89. The molecule has 0 spiro atoms. The molecule has 20 heavy (non-hydrogen) atoms. The van der Waals surface area contributed by atoms with Crippen LogP contribution < -0.4 is 10.6 Å². The van der Waals surface area contributed by atoms with Crippen molar-refractivity contribution in [3.8, 4) is 0 Å². The van der Waals surface area contributed by atoms with Crippen LogP contribution in [0, 0.1) is 23.7 Å². The van der Waals surface area contributed by atoms with Gasteiger partial charge in [0, 0.05) is 12.6 Å². The summed E-state index contributed by atoms with van der Waals surface area (Å²) < 4.78 is 0. The first-order valence-electron chi connectivity index (χ1n) is 7.83. The molecule has 2 saturated carbocycles. The molecule has 0 saturated heterocycles. The topological polar surface area (TPSA) is 78.4 Å². The number of nitrogens with one attached hydrogen (secondary N) is 2. The van der Waals surface area contributed by atoms with Gasteiger partial charge in [0.05, 0.1) is 5.92 Å². The fraction of sp³-hybridized carbons (Fsp3) is 0.867. The molecule has 5 nitrogen and oxygen atoms in total. The van der Waals surface area contributed by atoms with Crippen molar-refractivity contribution >= 4 is 12.0 Å². The van der Waals surface area contributed by atoms with Crippen molar-refractivity contribution in [2.75, 3.05) is 6.54 Å². The zero-order chi connectivity index (χ0) is 14.7. The SMILES string of the molecule is CCC(CC)CNC(=O)NC1C2CCC(C2)C1C(=O)O. The maximum absolute atomic E-state index is 12.0. The van der Waals surface area contributed by atoms with Gasteiger partial charge in [-0.3, -0.25) is 4.79 Å². The molecular weight excluding hydrogens is 256 g/mol. The van der Waals surface area contributed by atoms with Gasteiger partial charge in [0.15, 0.2) is 0 Å². The lowest BCUT2D eigenvalue weighted by molar-refractivity contribution is -0.144. The van der Waals surface area contributed by atoms with Gasteiger partial charge in [-0.05, 0) is 37.0 Å².